The number of aromatic hydroxyl groups is 1. The first-order chi connectivity index (χ1) is 11.1. The number of halogens is 1. The van der Waals surface area contributed by atoms with Gasteiger partial charge in [0.2, 0.25) is 5.91 Å². The van der Waals surface area contributed by atoms with Crippen LogP contribution in [0.5, 0.6) is 5.75 Å². The van der Waals surface area contributed by atoms with Gasteiger partial charge in [0.25, 0.3) is 0 Å². The maximum atomic E-state index is 13.6. The highest BCUT2D eigenvalue weighted by atomic mass is 19.1. The van der Waals surface area contributed by atoms with Gasteiger partial charge in [0.05, 0.1) is 0 Å². The Labute approximate surface area is 134 Å². The molecule has 0 aromatic heterocycles. The molecule has 1 saturated heterocycles. The van der Waals surface area contributed by atoms with Crippen molar-refractivity contribution in [2.75, 3.05) is 13.1 Å². The summed E-state index contributed by atoms with van der Waals surface area (Å²) < 4.78 is 13.6. The topological polar surface area (TPSA) is 52.6 Å². The highest BCUT2D eigenvalue weighted by molar-refractivity contribution is 5.77. The summed E-state index contributed by atoms with van der Waals surface area (Å²) in [5.74, 6) is -0.0904. The van der Waals surface area contributed by atoms with E-state index in [1.54, 1.807) is 18.2 Å². The van der Waals surface area contributed by atoms with Gasteiger partial charge in [0.1, 0.15) is 11.6 Å². The van der Waals surface area contributed by atoms with Crippen LogP contribution in [0, 0.1) is 5.82 Å². The molecule has 1 atom stereocenters. The van der Waals surface area contributed by atoms with Gasteiger partial charge in [0.15, 0.2) is 0 Å². The van der Waals surface area contributed by atoms with Gasteiger partial charge in [-0.05, 0) is 35.4 Å². The number of carbonyl (C=O) groups excluding carboxylic acids is 1. The zero-order valence-electron chi connectivity index (χ0n) is 12.7. The van der Waals surface area contributed by atoms with E-state index in [9.17, 15) is 14.3 Å². The van der Waals surface area contributed by atoms with E-state index in [0.29, 0.717) is 26.1 Å². The van der Waals surface area contributed by atoms with Gasteiger partial charge in [-0.15, -0.1) is 0 Å². The molecule has 120 valence electrons. The monoisotopic (exact) mass is 314 g/mol. The molecule has 4 nitrogen and oxygen atoms in total. The van der Waals surface area contributed by atoms with Gasteiger partial charge < -0.3 is 10.4 Å². The minimum atomic E-state index is -0.295. The predicted octanol–water partition coefficient (Wildman–Crippen LogP) is 2.59. The molecule has 0 bridgehead atoms. The third-order valence-electron chi connectivity index (χ3n) is 4.10. The van der Waals surface area contributed by atoms with Crippen LogP contribution in [0.1, 0.15) is 23.6 Å². The van der Waals surface area contributed by atoms with Gasteiger partial charge in [0, 0.05) is 32.1 Å². The second-order valence-electron chi connectivity index (χ2n) is 5.76. The number of benzene rings is 2. The zero-order valence-corrected chi connectivity index (χ0v) is 12.7. The lowest BCUT2D eigenvalue weighted by molar-refractivity contribution is -0.121. The molecule has 0 saturated carbocycles. The van der Waals surface area contributed by atoms with Crippen LogP contribution in [0.15, 0.2) is 48.5 Å². The van der Waals surface area contributed by atoms with Crippen molar-refractivity contribution in [3.8, 4) is 5.75 Å². The Bertz CT molecular complexity index is 688. The third-order valence-corrected chi connectivity index (χ3v) is 4.10. The Morgan fingerprint density at radius 1 is 1.22 bits per heavy atom. The SMILES string of the molecule is O=C1CC(c2cccc(F)c2)N(Cc2ccc(O)cc2)CCN1. The van der Waals surface area contributed by atoms with E-state index in [4.69, 9.17) is 0 Å². The van der Waals surface area contributed by atoms with Gasteiger partial charge in [-0.1, -0.05) is 24.3 Å². The van der Waals surface area contributed by atoms with Crippen molar-refractivity contribution in [1.29, 1.82) is 0 Å². The molecule has 1 amide bonds. The summed E-state index contributed by atoms with van der Waals surface area (Å²) >= 11 is 0. The maximum absolute atomic E-state index is 13.6. The molecule has 2 aromatic rings. The van der Waals surface area contributed by atoms with Gasteiger partial charge in [-0.3, -0.25) is 9.69 Å². The second kappa shape index (κ2) is 6.79. The van der Waals surface area contributed by atoms with Gasteiger partial charge >= 0.3 is 0 Å². The molecule has 1 heterocycles. The quantitative estimate of drug-likeness (QED) is 0.915. The number of phenolic OH excluding ortho intramolecular Hbond substituents is 1. The molecule has 1 unspecified atom stereocenters. The van der Waals surface area contributed by atoms with Crippen molar-refractivity contribution >= 4 is 5.91 Å². The largest absolute Gasteiger partial charge is 0.508 e. The van der Waals surface area contributed by atoms with Crippen molar-refractivity contribution in [3.05, 3.63) is 65.5 Å². The van der Waals surface area contributed by atoms with Crippen LogP contribution in [0.3, 0.4) is 0 Å². The summed E-state index contributed by atoms with van der Waals surface area (Å²) in [5.41, 5.74) is 1.85. The number of nitrogens with one attached hydrogen (secondary N) is 1. The Morgan fingerprint density at radius 3 is 2.74 bits per heavy atom. The first-order valence-electron chi connectivity index (χ1n) is 7.66. The molecular weight excluding hydrogens is 295 g/mol. The molecule has 0 spiro atoms. The Morgan fingerprint density at radius 2 is 2.00 bits per heavy atom. The molecule has 2 N–H and O–H groups in total. The molecule has 2 aromatic carbocycles. The van der Waals surface area contributed by atoms with Gasteiger partial charge in [-0.25, -0.2) is 4.39 Å². The van der Waals surface area contributed by atoms with Crippen LogP contribution < -0.4 is 5.32 Å². The highest BCUT2D eigenvalue weighted by Crippen LogP contribution is 2.28. The van der Waals surface area contributed by atoms with Crippen LogP contribution in [0.2, 0.25) is 0 Å². The molecule has 1 fully saturated rings. The Balaban J connectivity index is 1.87. The Hall–Kier alpha value is -2.40. The number of hydrogen-bond donors (Lipinski definition) is 2. The van der Waals surface area contributed by atoms with Crippen LogP contribution >= 0.6 is 0 Å². The first kappa shape index (κ1) is 15.5. The lowest BCUT2D eigenvalue weighted by Gasteiger charge is -2.29. The average Bonchev–Trinajstić information content (AvgIpc) is 2.71. The number of hydrogen-bond acceptors (Lipinski definition) is 3. The van der Waals surface area contributed by atoms with E-state index >= 15 is 0 Å². The van der Waals surface area contributed by atoms with E-state index in [1.807, 2.05) is 18.2 Å². The summed E-state index contributed by atoms with van der Waals surface area (Å²) in [6.07, 6.45) is 0.307. The van der Waals surface area contributed by atoms with Crippen LogP contribution in [-0.4, -0.2) is 29.0 Å². The van der Waals surface area contributed by atoms with E-state index in [0.717, 1.165) is 11.1 Å². The highest BCUT2D eigenvalue weighted by Gasteiger charge is 2.26. The fourth-order valence-electron chi connectivity index (χ4n) is 2.94. The summed E-state index contributed by atoms with van der Waals surface area (Å²) in [7, 11) is 0. The maximum Gasteiger partial charge on any atom is 0.221 e. The summed E-state index contributed by atoms with van der Waals surface area (Å²) in [6.45, 7) is 1.90. The van der Waals surface area contributed by atoms with Crippen molar-refractivity contribution < 1.29 is 14.3 Å². The molecule has 0 radical (unpaired) electrons. The number of phenols is 1. The van der Waals surface area contributed by atoms with E-state index < -0.39 is 0 Å². The van der Waals surface area contributed by atoms with Crippen molar-refractivity contribution in [2.45, 2.75) is 19.0 Å². The number of carbonyl (C=O) groups is 1. The fourth-order valence-corrected chi connectivity index (χ4v) is 2.94. The standard InChI is InChI=1S/C18H19FN2O2/c19-15-3-1-2-14(10-15)17-11-18(23)20-8-9-21(17)12-13-4-6-16(22)7-5-13/h1-7,10,17,22H,8-9,11-12H2,(H,20,23). The second-order valence-corrected chi connectivity index (χ2v) is 5.76. The summed E-state index contributed by atoms with van der Waals surface area (Å²) in [4.78, 5) is 14.1. The van der Waals surface area contributed by atoms with Gasteiger partial charge in [-0.2, -0.15) is 0 Å². The van der Waals surface area contributed by atoms with E-state index in [2.05, 4.69) is 10.2 Å². The molecule has 1 aliphatic rings. The van der Waals surface area contributed by atoms with E-state index in [-0.39, 0.29) is 23.5 Å². The number of nitrogens with zero attached hydrogens (tertiary/aromatic N) is 1. The minimum Gasteiger partial charge on any atom is -0.508 e. The number of rotatable bonds is 3. The van der Waals surface area contributed by atoms with Crippen LogP contribution in [-0.2, 0) is 11.3 Å². The number of amides is 1. The average molecular weight is 314 g/mol. The summed E-state index contributed by atoms with van der Waals surface area (Å²) in [5, 5.41) is 12.3. The van der Waals surface area contributed by atoms with Crippen LogP contribution in [0.4, 0.5) is 4.39 Å². The van der Waals surface area contributed by atoms with Crippen LogP contribution in [0.25, 0.3) is 0 Å². The molecule has 3 rings (SSSR count). The molecule has 5 heteroatoms. The fraction of sp³-hybridized carbons (Fsp3) is 0.278. The van der Waals surface area contributed by atoms with Crippen molar-refractivity contribution in [1.82, 2.24) is 10.2 Å². The summed E-state index contributed by atoms with van der Waals surface area (Å²) in [6, 6.07) is 13.3. The molecular formula is C18H19FN2O2. The smallest absolute Gasteiger partial charge is 0.221 e. The first-order valence-corrected chi connectivity index (χ1v) is 7.66. The van der Waals surface area contributed by atoms with E-state index in [1.165, 1.54) is 12.1 Å². The lowest BCUT2D eigenvalue weighted by Crippen LogP contribution is -2.30. The lowest BCUT2D eigenvalue weighted by atomic mass is 10.0. The van der Waals surface area contributed by atoms with Crippen molar-refractivity contribution in [2.24, 2.45) is 0 Å². The predicted molar refractivity (Wildman–Crippen MR) is 85.3 cm³/mol. The minimum absolute atomic E-state index is 0.0209. The Kier molecular flexibility index (Phi) is 4.57. The molecule has 23 heavy (non-hydrogen) atoms. The van der Waals surface area contributed by atoms with Crippen molar-refractivity contribution in [3.63, 3.8) is 0 Å². The molecule has 0 aliphatic carbocycles. The molecule has 1 aliphatic heterocycles. The zero-order chi connectivity index (χ0) is 16.2. The third kappa shape index (κ3) is 3.87. The normalized spacial score (nSPS) is 19.2.